The monoisotopic (exact) mass is 953 g/mol. The molecule has 0 aliphatic carbocycles. The van der Waals surface area contributed by atoms with Crippen molar-refractivity contribution in [2.24, 2.45) is 0 Å². The molecule has 68 heavy (non-hydrogen) atoms. The van der Waals surface area contributed by atoms with Gasteiger partial charge in [-0.1, -0.05) is 152 Å². The van der Waals surface area contributed by atoms with E-state index in [4.69, 9.17) is 18.9 Å². The number of hydrogen-bond acceptors (Lipinski definition) is 8. The highest BCUT2D eigenvalue weighted by atomic mass is 16.6. The Bertz CT molecular complexity index is 1140. The molecule has 0 N–H and O–H groups in total. The fourth-order valence-corrected chi connectivity index (χ4v) is 9.25. The van der Waals surface area contributed by atoms with Crippen molar-refractivity contribution in [1.82, 2.24) is 9.80 Å². The molecular weight excluding hydrogens is 845 g/mol. The number of esters is 2. The summed E-state index contributed by atoms with van der Waals surface area (Å²) < 4.78 is 24.8. The van der Waals surface area contributed by atoms with Crippen molar-refractivity contribution in [2.75, 3.05) is 65.7 Å². The lowest BCUT2D eigenvalue weighted by Gasteiger charge is -2.28. The molecule has 0 saturated carbocycles. The van der Waals surface area contributed by atoms with Crippen LogP contribution in [0.4, 0.5) is 0 Å². The van der Waals surface area contributed by atoms with Crippen LogP contribution in [0.2, 0.25) is 0 Å². The van der Waals surface area contributed by atoms with Crippen molar-refractivity contribution in [3.63, 3.8) is 0 Å². The minimum absolute atomic E-state index is 0.209. The van der Waals surface area contributed by atoms with Gasteiger partial charge in [0.2, 0.25) is 0 Å². The molecule has 2 aliphatic heterocycles. The Morgan fingerprint density at radius 2 is 0.735 bits per heavy atom. The van der Waals surface area contributed by atoms with Crippen LogP contribution in [0, 0.1) is 0 Å². The molecule has 0 amide bonds. The van der Waals surface area contributed by atoms with Gasteiger partial charge in [-0.2, -0.15) is 0 Å². The molecule has 8 heteroatoms. The number of likely N-dealkylation sites (tertiary alicyclic amines) is 2. The summed E-state index contributed by atoms with van der Waals surface area (Å²) in [6.45, 7) is 12.9. The summed E-state index contributed by atoms with van der Waals surface area (Å²) in [6, 6.07) is 0. The SMILES string of the molecule is CCCCC/C=C\C/C=C\CCCCCCCCOCC(OC(=O)CCCCN1CCCCC1)C(COCCCCCCCC/C=C\C/C=C\CCCCC)OC(=O)CCCCN1CCCCC1. The van der Waals surface area contributed by atoms with Crippen LogP contribution in [0.1, 0.15) is 245 Å². The molecule has 0 aromatic heterocycles. The number of carbonyl (C=O) groups excluding carboxylic acids is 2. The number of piperidine rings is 2. The number of hydrogen-bond donors (Lipinski definition) is 0. The van der Waals surface area contributed by atoms with Gasteiger partial charge in [-0.05, 0) is 168 Å². The Morgan fingerprint density at radius 3 is 1.10 bits per heavy atom. The number of unbranched alkanes of at least 4 members (excludes halogenated alkanes) is 20. The summed E-state index contributed by atoms with van der Waals surface area (Å²) in [6.07, 6.45) is 58.0. The van der Waals surface area contributed by atoms with Crippen molar-refractivity contribution in [2.45, 2.75) is 257 Å². The second-order valence-electron chi connectivity index (χ2n) is 20.1. The molecule has 2 rings (SSSR count). The van der Waals surface area contributed by atoms with E-state index in [9.17, 15) is 9.59 Å². The Hall–Kier alpha value is -2.26. The van der Waals surface area contributed by atoms with Crippen molar-refractivity contribution < 1.29 is 28.5 Å². The zero-order chi connectivity index (χ0) is 48.5. The molecule has 2 atom stereocenters. The van der Waals surface area contributed by atoms with Gasteiger partial charge in [-0.15, -0.1) is 0 Å². The molecule has 0 aromatic carbocycles. The summed E-state index contributed by atoms with van der Waals surface area (Å²) in [7, 11) is 0. The third kappa shape index (κ3) is 39.5. The average molecular weight is 954 g/mol. The van der Waals surface area contributed by atoms with E-state index in [1.807, 2.05) is 0 Å². The Kier molecular flexibility index (Phi) is 44.0. The van der Waals surface area contributed by atoms with E-state index in [0.717, 1.165) is 90.1 Å². The van der Waals surface area contributed by atoms with Crippen molar-refractivity contribution in [1.29, 1.82) is 0 Å². The van der Waals surface area contributed by atoms with Crippen molar-refractivity contribution >= 4 is 11.9 Å². The smallest absolute Gasteiger partial charge is 0.306 e. The lowest BCUT2D eigenvalue weighted by Crippen LogP contribution is -2.42. The van der Waals surface area contributed by atoms with Crippen LogP contribution in [-0.2, 0) is 28.5 Å². The second-order valence-corrected chi connectivity index (χ2v) is 20.1. The highest BCUT2D eigenvalue weighted by Crippen LogP contribution is 2.17. The summed E-state index contributed by atoms with van der Waals surface area (Å²) in [5.41, 5.74) is 0. The Balaban J connectivity index is 1.82. The van der Waals surface area contributed by atoms with Crippen LogP contribution in [0.3, 0.4) is 0 Å². The van der Waals surface area contributed by atoms with Gasteiger partial charge < -0.3 is 28.7 Å². The van der Waals surface area contributed by atoms with Gasteiger partial charge in [0.1, 0.15) is 0 Å². The fraction of sp³-hybridized carbons (Fsp3) is 0.833. The molecule has 2 heterocycles. The predicted molar refractivity (Wildman–Crippen MR) is 288 cm³/mol. The molecule has 2 saturated heterocycles. The van der Waals surface area contributed by atoms with Gasteiger partial charge in [-0.3, -0.25) is 9.59 Å². The van der Waals surface area contributed by atoms with Crippen LogP contribution in [0.15, 0.2) is 48.6 Å². The first-order chi connectivity index (χ1) is 33.6. The third-order valence-corrected chi connectivity index (χ3v) is 13.6. The van der Waals surface area contributed by atoms with Gasteiger partial charge in [0.05, 0.1) is 13.2 Å². The Morgan fingerprint density at radius 1 is 0.397 bits per heavy atom. The number of allylic oxidation sites excluding steroid dienone is 8. The van der Waals surface area contributed by atoms with Gasteiger partial charge in [0, 0.05) is 26.1 Å². The normalized spacial score (nSPS) is 16.2. The number of carbonyl (C=O) groups is 2. The van der Waals surface area contributed by atoms with Crippen molar-refractivity contribution in [3.8, 4) is 0 Å². The first kappa shape index (κ1) is 61.9. The molecule has 0 bridgehead atoms. The number of ether oxygens (including phenoxy) is 4. The molecule has 8 nitrogen and oxygen atoms in total. The molecule has 0 spiro atoms. The minimum Gasteiger partial charge on any atom is -0.456 e. The second kappa shape index (κ2) is 48.4. The summed E-state index contributed by atoms with van der Waals surface area (Å²) in [4.78, 5) is 31.8. The van der Waals surface area contributed by atoms with E-state index in [1.165, 1.54) is 167 Å². The molecule has 2 aliphatic rings. The maximum absolute atomic E-state index is 13.4. The molecule has 394 valence electrons. The van der Waals surface area contributed by atoms with Crippen LogP contribution in [0.5, 0.6) is 0 Å². The fourth-order valence-electron chi connectivity index (χ4n) is 9.25. The van der Waals surface area contributed by atoms with Gasteiger partial charge in [0.25, 0.3) is 0 Å². The van der Waals surface area contributed by atoms with E-state index >= 15 is 0 Å². The summed E-state index contributed by atoms with van der Waals surface area (Å²) in [5.74, 6) is -0.475. The molecule has 0 aromatic rings. The largest absolute Gasteiger partial charge is 0.456 e. The number of nitrogens with zero attached hydrogens (tertiary/aromatic N) is 2. The average Bonchev–Trinajstić information content (AvgIpc) is 3.35. The van der Waals surface area contributed by atoms with E-state index in [2.05, 4.69) is 72.3 Å². The van der Waals surface area contributed by atoms with Crippen LogP contribution in [-0.4, -0.2) is 99.6 Å². The van der Waals surface area contributed by atoms with Gasteiger partial charge in [-0.25, -0.2) is 0 Å². The highest BCUT2D eigenvalue weighted by molar-refractivity contribution is 5.70. The topological polar surface area (TPSA) is 77.5 Å². The van der Waals surface area contributed by atoms with E-state index < -0.39 is 12.2 Å². The summed E-state index contributed by atoms with van der Waals surface area (Å²) >= 11 is 0. The van der Waals surface area contributed by atoms with E-state index in [0.29, 0.717) is 26.1 Å². The first-order valence-corrected chi connectivity index (χ1v) is 29.2. The molecular formula is C60H108N2O6. The van der Waals surface area contributed by atoms with Gasteiger partial charge in [0.15, 0.2) is 12.2 Å². The third-order valence-electron chi connectivity index (χ3n) is 13.6. The molecule has 2 unspecified atom stereocenters. The maximum atomic E-state index is 13.4. The van der Waals surface area contributed by atoms with E-state index in [-0.39, 0.29) is 25.2 Å². The van der Waals surface area contributed by atoms with Crippen LogP contribution >= 0.6 is 0 Å². The quantitative estimate of drug-likeness (QED) is 0.0339. The first-order valence-electron chi connectivity index (χ1n) is 29.2. The predicted octanol–water partition coefficient (Wildman–Crippen LogP) is 15.8. The maximum Gasteiger partial charge on any atom is 0.306 e. The van der Waals surface area contributed by atoms with Gasteiger partial charge >= 0.3 is 11.9 Å². The van der Waals surface area contributed by atoms with Crippen LogP contribution < -0.4 is 0 Å². The van der Waals surface area contributed by atoms with E-state index in [1.54, 1.807) is 0 Å². The lowest BCUT2D eigenvalue weighted by atomic mass is 10.1. The molecule has 2 fully saturated rings. The Labute approximate surface area is 420 Å². The number of rotatable bonds is 47. The standard InChI is InChI=1S/C60H108N2O6/c1-3-5-7-9-11-13-15-17-19-21-23-25-27-29-31-43-53-65-55-57(67-59(63)45-35-41-51-61-47-37-33-38-48-61)58(68-60(64)46-36-42-52-62-49-39-34-40-50-62)56-66-54-44-32-30-28-26-24-22-20-18-16-14-12-10-8-6-4-2/h11-14,17-20,57-58H,3-10,15-16,21-56H2,1-2H3/b13-11-,14-12-,19-17-,20-18-. The molecule has 0 radical (unpaired) electrons. The zero-order valence-corrected chi connectivity index (χ0v) is 44.6. The lowest BCUT2D eigenvalue weighted by molar-refractivity contribution is -0.178. The zero-order valence-electron chi connectivity index (χ0n) is 44.6. The van der Waals surface area contributed by atoms with Crippen molar-refractivity contribution in [3.05, 3.63) is 48.6 Å². The minimum atomic E-state index is -0.692. The summed E-state index contributed by atoms with van der Waals surface area (Å²) in [5, 5.41) is 0. The van der Waals surface area contributed by atoms with Crippen LogP contribution in [0.25, 0.3) is 0 Å². The highest BCUT2D eigenvalue weighted by Gasteiger charge is 2.30.